The molecule has 0 atom stereocenters. The molecule has 4 aromatic rings. The fraction of sp³-hybridized carbons (Fsp3) is 0.250. The van der Waals surface area contributed by atoms with E-state index in [4.69, 9.17) is 0 Å². The Morgan fingerprint density at radius 3 is 2.65 bits per heavy atom. The zero-order valence-corrected chi connectivity index (χ0v) is 13.9. The van der Waals surface area contributed by atoms with Crippen LogP contribution in [0.4, 0.5) is 19.0 Å². The first kappa shape index (κ1) is 16.3. The number of aryl methyl sites for hydroxylation is 2. The quantitative estimate of drug-likeness (QED) is 0.607. The van der Waals surface area contributed by atoms with E-state index >= 15 is 0 Å². The van der Waals surface area contributed by atoms with Crippen LogP contribution >= 0.6 is 0 Å². The smallest absolute Gasteiger partial charge is 0.364 e. The molecule has 26 heavy (non-hydrogen) atoms. The van der Waals surface area contributed by atoms with Crippen LogP contribution in [0.15, 0.2) is 30.5 Å². The molecule has 4 aromatic heterocycles. The third-order valence-corrected chi connectivity index (χ3v) is 3.89. The van der Waals surface area contributed by atoms with E-state index in [2.05, 4.69) is 25.4 Å². The molecule has 1 N–H and O–H groups in total. The molecule has 4 heterocycles. The van der Waals surface area contributed by atoms with E-state index < -0.39 is 12.0 Å². The Kier molecular flexibility index (Phi) is 3.56. The summed E-state index contributed by atoms with van der Waals surface area (Å²) in [5.74, 6) is -0.961. The zero-order valence-electron chi connectivity index (χ0n) is 13.9. The lowest BCUT2D eigenvalue weighted by molar-refractivity contribution is -0.144. The van der Waals surface area contributed by atoms with Gasteiger partial charge in [-0.25, -0.2) is 9.97 Å². The molecule has 0 aliphatic carbocycles. The van der Waals surface area contributed by atoms with Gasteiger partial charge in [-0.2, -0.15) is 22.7 Å². The van der Waals surface area contributed by atoms with Gasteiger partial charge in [-0.05, 0) is 26.0 Å². The Balaban J connectivity index is 1.67. The Morgan fingerprint density at radius 1 is 1.12 bits per heavy atom. The molecule has 0 fully saturated rings. The summed E-state index contributed by atoms with van der Waals surface area (Å²) in [6.07, 6.45) is -2.75. The van der Waals surface area contributed by atoms with Gasteiger partial charge in [0.15, 0.2) is 0 Å². The normalized spacial score (nSPS) is 12.2. The van der Waals surface area contributed by atoms with E-state index in [0.29, 0.717) is 18.1 Å². The summed E-state index contributed by atoms with van der Waals surface area (Å²) in [7, 11) is 0. The highest BCUT2D eigenvalue weighted by Gasteiger charge is 2.36. The Bertz CT molecular complexity index is 1110. The van der Waals surface area contributed by atoms with Gasteiger partial charge in [0.05, 0.1) is 12.2 Å². The third kappa shape index (κ3) is 2.83. The van der Waals surface area contributed by atoms with Crippen LogP contribution in [-0.4, -0.2) is 29.0 Å². The monoisotopic (exact) mass is 361 g/mol. The van der Waals surface area contributed by atoms with Crippen molar-refractivity contribution in [1.82, 2.24) is 29.0 Å². The van der Waals surface area contributed by atoms with Crippen molar-refractivity contribution in [3.8, 4) is 0 Å². The number of aromatic nitrogens is 6. The third-order valence-electron chi connectivity index (χ3n) is 3.89. The number of fused-ring (bicyclic) bond motifs is 2. The molecule has 0 aliphatic heterocycles. The fourth-order valence-electron chi connectivity index (χ4n) is 2.70. The highest BCUT2D eigenvalue weighted by molar-refractivity contribution is 5.47. The Morgan fingerprint density at radius 2 is 1.92 bits per heavy atom. The number of pyridine rings is 1. The van der Waals surface area contributed by atoms with Crippen molar-refractivity contribution in [3.05, 3.63) is 53.4 Å². The van der Waals surface area contributed by atoms with Gasteiger partial charge in [0.2, 0.25) is 0 Å². The highest BCUT2D eigenvalue weighted by Crippen LogP contribution is 2.27. The minimum Gasteiger partial charge on any atom is -0.364 e. The maximum absolute atomic E-state index is 12.9. The number of rotatable bonds is 3. The molecule has 0 saturated carbocycles. The van der Waals surface area contributed by atoms with Gasteiger partial charge in [-0.3, -0.25) is 0 Å². The van der Waals surface area contributed by atoms with Crippen molar-refractivity contribution < 1.29 is 13.2 Å². The standard InChI is InChI=1S/C16H14F3N7/c1-9-6-13(26-15(21-9)23-14(24-26)16(17,18)19)20-7-11-8-25-10(2)4-3-5-12(25)22-11/h3-6,8,20H,7H2,1-2H3. The van der Waals surface area contributed by atoms with Gasteiger partial charge < -0.3 is 9.72 Å². The molecule has 0 saturated heterocycles. The van der Waals surface area contributed by atoms with E-state index in [1.807, 2.05) is 35.7 Å². The van der Waals surface area contributed by atoms with E-state index in [1.165, 1.54) is 0 Å². The van der Waals surface area contributed by atoms with Crippen LogP contribution in [0.3, 0.4) is 0 Å². The Labute approximate surface area is 145 Å². The van der Waals surface area contributed by atoms with Crippen LogP contribution in [0, 0.1) is 13.8 Å². The number of imidazole rings is 1. The first-order valence-electron chi connectivity index (χ1n) is 7.80. The molecule has 0 aliphatic rings. The average Bonchev–Trinajstić information content (AvgIpc) is 3.16. The van der Waals surface area contributed by atoms with Crippen LogP contribution in [0.5, 0.6) is 0 Å². The largest absolute Gasteiger partial charge is 0.453 e. The number of nitrogens with zero attached hydrogens (tertiary/aromatic N) is 6. The summed E-state index contributed by atoms with van der Waals surface area (Å²) in [6.45, 7) is 3.97. The van der Waals surface area contributed by atoms with Gasteiger partial charge >= 0.3 is 6.18 Å². The number of nitrogens with one attached hydrogen (secondary N) is 1. The number of hydrogen-bond acceptors (Lipinski definition) is 5. The lowest BCUT2D eigenvalue weighted by Crippen LogP contribution is -2.09. The predicted molar refractivity (Wildman–Crippen MR) is 87.8 cm³/mol. The van der Waals surface area contributed by atoms with Crippen molar-refractivity contribution in [2.45, 2.75) is 26.6 Å². The summed E-state index contributed by atoms with van der Waals surface area (Å²) in [4.78, 5) is 12.0. The van der Waals surface area contributed by atoms with E-state index in [-0.39, 0.29) is 5.78 Å². The number of halogens is 3. The molecule has 10 heteroatoms. The summed E-state index contributed by atoms with van der Waals surface area (Å²) in [5.41, 5.74) is 3.12. The minimum atomic E-state index is -4.63. The first-order valence-corrected chi connectivity index (χ1v) is 7.80. The van der Waals surface area contributed by atoms with E-state index in [9.17, 15) is 13.2 Å². The molecule has 0 spiro atoms. The second-order valence-electron chi connectivity index (χ2n) is 5.91. The van der Waals surface area contributed by atoms with Crippen molar-refractivity contribution in [3.63, 3.8) is 0 Å². The van der Waals surface area contributed by atoms with Crippen molar-refractivity contribution in [2.24, 2.45) is 0 Å². The molecule has 0 unspecified atom stereocenters. The molecule has 4 rings (SSSR count). The van der Waals surface area contributed by atoms with Crippen LogP contribution in [0.25, 0.3) is 11.4 Å². The second-order valence-corrected chi connectivity index (χ2v) is 5.91. The molecular formula is C16H14F3N7. The van der Waals surface area contributed by atoms with Gasteiger partial charge in [0.1, 0.15) is 11.5 Å². The molecule has 7 nitrogen and oxygen atoms in total. The van der Waals surface area contributed by atoms with Crippen molar-refractivity contribution in [2.75, 3.05) is 5.32 Å². The molecule has 134 valence electrons. The van der Waals surface area contributed by atoms with Crippen LogP contribution in [0.1, 0.15) is 22.9 Å². The molecule has 0 amide bonds. The first-order chi connectivity index (χ1) is 12.3. The van der Waals surface area contributed by atoms with Gasteiger partial charge in [0, 0.05) is 23.7 Å². The topological polar surface area (TPSA) is 72.4 Å². The lowest BCUT2D eigenvalue weighted by atomic mass is 10.4. The summed E-state index contributed by atoms with van der Waals surface area (Å²) in [6, 6.07) is 7.38. The minimum absolute atomic E-state index is 0.106. The number of hydrogen-bond donors (Lipinski definition) is 1. The highest BCUT2D eigenvalue weighted by atomic mass is 19.4. The van der Waals surface area contributed by atoms with Crippen molar-refractivity contribution in [1.29, 1.82) is 0 Å². The average molecular weight is 361 g/mol. The van der Waals surface area contributed by atoms with Crippen LogP contribution in [-0.2, 0) is 12.7 Å². The zero-order chi connectivity index (χ0) is 18.5. The molecule has 0 bridgehead atoms. The van der Waals surface area contributed by atoms with Crippen LogP contribution < -0.4 is 5.32 Å². The Hall–Kier alpha value is -3.17. The van der Waals surface area contributed by atoms with Crippen LogP contribution in [0.2, 0.25) is 0 Å². The van der Waals surface area contributed by atoms with Gasteiger partial charge in [-0.15, -0.1) is 5.10 Å². The van der Waals surface area contributed by atoms with Gasteiger partial charge in [0.25, 0.3) is 11.6 Å². The summed E-state index contributed by atoms with van der Waals surface area (Å²) < 4.78 is 41.6. The SMILES string of the molecule is Cc1cc(NCc2cn3c(C)cccc3n2)n2nc(C(F)(F)F)nc2n1. The molecular weight excluding hydrogens is 347 g/mol. The number of alkyl halides is 3. The second kappa shape index (κ2) is 5.68. The van der Waals surface area contributed by atoms with Crippen molar-refractivity contribution >= 4 is 17.2 Å². The van der Waals surface area contributed by atoms with E-state index in [0.717, 1.165) is 21.6 Å². The lowest BCUT2D eigenvalue weighted by Gasteiger charge is -2.07. The van der Waals surface area contributed by atoms with E-state index in [1.54, 1.807) is 13.0 Å². The predicted octanol–water partition coefficient (Wildman–Crippen LogP) is 3.02. The number of anilines is 1. The fourth-order valence-corrected chi connectivity index (χ4v) is 2.70. The summed E-state index contributed by atoms with van der Waals surface area (Å²) in [5, 5.41) is 6.59. The molecule has 0 aromatic carbocycles. The molecule has 0 radical (unpaired) electrons. The summed E-state index contributed by atoms with van der Waals surface area (Å²) >= 11 is 0. The van der Waals surface area contributed by atoms with Gasteiger partial charge in [-0.1, -0.05) is 6.07 Å². The maximum Gasteiger partial charge on any atom is 0.453 e. The maximum atomic E-state index is 12.9.